The van der Waals surface area contributed by atoms with Gasteiger partial charge in [-0.1, -0.05) is 157 Å². The summed E-state index contributed by atoms with van der Waals surface area (Å²) in [6.07, 6.45) is 44.1. The monoisotopic (exact) mass is 852 g/mol. The number of carbonyl (C=O) groups excluding carboxylic acids is 2. The molecule has 340 valence electrons. The Bertz CT molecular complexity index is 1230. The van der Waals surface area contributed by atoms with Crippen LogP contribution in [0, 0.1) is 0 Å². The predicted molar refractivity (Wildman–Crippen MR) is 241 cm³/mol. The summed E-state index contributed by atoms with van der Waals surface area (Å²) < 4.78 is 32.6. The van der Waals surface area contributed by atoms with E-state index in [0.717, 1.165) is 38.5 Å². The number of allylic oxidation sites excluding steroid dienone is 9. The fourth-order valence-electron chi connectivity index (χ4n) is 5.80. The molecule has 0 fully saturated rings. The van der Waals surface area contributed by atoms with Crippen molar-refractivity contribution in [3.05, 3.63) is 72.9 Å². The lowest BCUT2D eigenvalue weighted by molar-refractivity contribution is -0.161. The molecule has 11 nitrogen and oxygen atoms in total. The van der Waals surface area contributed by atoms with Gasteiger partial charge in [0.2, 0.25) is 0 Å². The Balaban J connectivity index is 4.38. The first-order valence-electron chi connectivity index (χ1n) is 22.6. The molecule has 12 heteroatoms. The lowest BCUT2D eigenvalue weighted by Gasteiger charge is -2.20. The Kier molecular flexibility index (Phi) is 40.2. The molecule has 4 atom stereocenters. The molecule has 5 N–H and O–H groups in total. The van der Waals surface area contributed by atoms with Gasteiger partial charge in [0.05, 0.1) is 25.4 Å². The summed E-state index contributed by atoms with van der Waals surface area (Å²) >= 11 is 0. The number of phosphoric ester groups is 1. The quantitative estimate of drug-likeness (QED) is 0.0151. The Morgan fingerprint density at radius 2 is 1.14 bits per heavy atom. The molecule has 0 aliphatic carbocycles. The molecule has 0 saturated carbocycles. The van der Waals surface area contributed by atoms with Crippen molar-refractivity contribution in [1.29, 1.82) is 0 Å². The van der Waals surface area contributed by atoms with E-state index in [1.54, 1.807) is 36.5 Å². The zero-order chi connectivity index (χ0) is 43.5. The molecule has 0 bridgehead atoms. The highest BCUT2D eigenvalue weighted by Crippen LogP contribution is 2.43. The SMILES string of the molecule is CCCCC/C=C\C/C=C\CCCCCCCCCCCC(=O)OC[C@H](COP(=O)(O)OCCN)OC(=O)CCC[C@@H](O)\C=C/C=C/C=C/[C@@H](O)C/C=C\CCCCC. The molecule has 0 radical (unpaired) electrons. The van der Waals surface area contributed by atoms with Crippen molar-refractivity contribution >= 4 is 19.8 Å². The van der Waals surface area contributed by atoms with E-state index in [1.807, 2.05) is 6.08 Å². The average molecular weight is 852 g/mol. The van der Waals surface area contributed by atoms with E-state index in [2.05, 4.69) is 44.2 Å². The Labute approximate surface area is 357 Å². The molecule has 0 aromatic heterocycles. The molecule has 0 amide bonds. The van der Waals surface area contributed by atoms with Crippen molar-refractivity contribution in [2.45, 2.75) is 186 Å². The van der Waals surface area contributed by atoms with Gasteiger partial charge in [0, 0.05) is 19.4 Å². The van der Waals surface area contributed by atoms with Crippen LogP contribution in [-0.2, 0) is 32.7 Å². The van der Waals surface area contributed by atoms with E-state index < -0.39 is 44.7 Å². The van der Waals surface area contributed by atoms with Gasteiger partial charge in [-0.15, -0.1) is 0 Å². The van der Waals surface area contributed by atoms with Crippen LogP contribution in [0.5, 0.6) is 0 Å². The Morgan fingerprint density at radius 3 is 1.73 bits per heavy atom. The Morgan fingerprint density at radius 1 is 0.610 bits per heavy atom. The number of hydrogen-bond donors (Lipinski definition) is 4. The summed E-state index contributed by atoms with van der Waals surface area (Å²) in [6.45, 7) is 3.34. The van der Waals surface area contributed by atoms with Crippen molar-refractivity contribution in [3.63, 3.8) is 0 Å². The van der Waals surface area contributed by atoms with E-state index in [1.165, 1.54) is 77.0 Å². The first kappa shape index (κ1) is 56.4. The van der Waals surface area contributed by atoms with Crippen molar-refractivity contribution in [3.8, 4) is 0 Å². The second-order valence-electron chi connectivity index (χ2n) is 15.0. The highest BCUT2D eigenvalue weighted by Gasteiger charge is 2.26. The van der Waals surface area contributed by atoms with Crippen LogP contribution in [0.25, 0.3) is 0 Å². The van der Waals surface area contributed by atoms with E-state index >= 15 is 0 Å². The van der Waals surface area contributed by atoms with Crippen molar-refractivity contribution in [2.24, 2.45) is 5.73 Å². The van der Waals surface area contributed by atoms with Gasteiger partial charge >= 0.3 is 19.8 Å². The van der Waals surface area contributed by atoms with Crippen molar-refractivity contribution in [1.82, 2.24) is 0 Å². The van der Waals surface area contributed by atoms with E-state index in [-0.39, 0.29) is 32.6 Å². The average Bonchev–Trinajstić information content (AvgIpc) is 3.21. The van der Waals surface area contributed by atoms with Gasteiger partial charge in [0.1, 0.15) is 6.61 Å². The molecule has 0 spiro atoms. The van der Waals surface area contributed by atoms with Gasteiger partial charge in [-0.05, 0) is 70.6 Å². The lowest BCUT2D eigenvalue weighted by atomic mass is 10.1. The maximum absolute atomic E-state index is 12.6. The lowest BCUT2D eigenvalue weighted by Crippen LogP contribution is -2.29. The van der Waals surface area contributed by atoms with Crippen LogP contribution in [0.3, 0.4) is 0 Å². The largest absolute Gasteiger partial charge is 0.472 e. The number of phosphoric acid groups is 1. The summed E-state index contributed by atoms with van der Waals surface area (Å²) in [4.78, 5) is 34.9. The zero-order valence-corrected chi connectivity index (χ0v) is 37.6. The molecule has 0 aromatic carbocycles. The number of rotatable bonds is 41. The van der Waals surface area contributed by atoms with Crippen LogP contribution >= 0.6 is 7.82 Å². The number of ether oxygens (including phenoxy) is 2. The fraction of sp³-hybridized carbons (Fsp3) is 0.702. The highest BCUT2D eigenvalue weighted by atomic mass is 31.2. The number of nitrogens with two attached hydrogens (primary N) is 1. The number of hydrogen-bond acceptors (Lipinski definition) is 10. The summed E-state index contributed by atoms with van der Waals surface area (Å²) in [5.74, 6) is -1.08. The summed E-state index contributed by atoms with van der Waals surface area (Å²) in [5.41, 5.74) is 5.33. The van der Waals surface area contributed by atoms with Crippen LogP contribution in [0.4, 0.5) is 0 Å². The predicted octanol–water partition coefficient (Wildman–Crippen LogP) is 11.0. The first-order chi connectivity index (χ1) is 28.6. The standard InChI is InChI=1S/C47H82NO10P/c1-3-5-7-9-11-12-13-14-15-16-17-18-19-20-21-22-23-25-31-37-46(51)55-41-45(42-57-59(53,54)56-40-39-48)58-47(52)38-32-36-44(50)35-30-27-26-29-34-43(49)33-28-24-10-8-6-4-2/h11-12,14-15,24,26-30,34-35,43-45,49-50H,3-10,13,16-23,25,31-33,36-42,48H2,1-2H3,(H,53,54)/b12-11-,15-14-,27-26+,28-24-,34-29+,35-30-/t43-,44-,45+/m0/s1. The third-order valence-corrected chi connectivity index (χ3v) is 10.2. The van der Waals surface area contributed by atoms with E-state index in [0.29, 0.717) is 25.7 Å². The molecular weight excluding hydrogens is 769 g/mol. The van der Waals surface area contributed by atoms with Crippen LogP contribution in [-0.4, -0.2) is 71.7 Å². The summed E-state index contributed by atoms with van der Waals surface area (Å²) in [6, 6.07) is 0. The van der Waals surface area contributed by atoms with Crippen LogP contribution < -0.4 is 5.73 Å². The molecule has 0 aliphatic rings. The molecule has 0 rings (SSSR count). The summed E-state index contributed by atoms with van der Waals surface area (Å²) in [5, 5.41) is 20.3. The molecule has 0 aromatic rings. The minimum absolute atomic E-state index is 0.00966. The third-order valence-electron chi connectivity index (χ3n) is 9.25. The third kappa shape index (κ3) is 41.9. The van der Waals surface area contributed by atoms with Gasteiger partial charge < -0.3 is 30.3 Å². The number of esters is 2. The first-order valence-corrected chi connectivity index (χ1v) is 24.1. The molecule has 59 heavy (non-hydrogen) atoms. The normalized spacial score (nSPS) is 15.0. The smallest absolute Gasteiger partial charge is 0.462 e. The van der Waals surface area contributed by atoms with Gasteiger partial charge in [0.15, 0.2) is 6.10 Å². The molecule has 0 saturated heterocycles. The van der Waals surface area contributed by atoms with Crippen LogP contribution in [0.1, 0.15) is 168 Å². The van der Waals surface area contributed by atoms with Gasteiger partial charge in [0.25, 0.3) is 0 Å². The number of aliphatic hydroxyl groups excluding tert-OH is 2. The highest BCUT2D eigenvalue weighted by molar-refractivity contribution is 7.47. The maximum Gasteiger partial charge on any atom is 0.472 e. The zero-order valence-electron chi connectivity index (χ0n) is 36.7. The molecular formula is C47H82NO10P. The van der Waals surface area contributed by atoms with Crippen LogP contribution in [0.2, 0.25) is 0 Å². The number of aliphatic hydroxyl groups is 2. The van der Waals surface area contributed by atoms with Crippen molar-refractivity contribution < 1.29 is 47.8 Å². The van der Waals surface area contributed by atoms with E-state index in [4.69, 9.17) is 24.3 Å². The molecule has 0 heterocycles. The minimum Gasteiger partial charge on any atom is -0.462 e. The fourth-order valence-corrected chi connectivity index (χ4v) is 6.56. The summed E-state index contributed by atoms with van der Waals surface area (Å²) in [7, 11) is -4.45. The van der Waals surface area contributed by atoms with Crippen LogP contribution in [0.15, 0.2) is 72.9 Å². The minimum atomic E-state index is -4.45. The van der Waals surface area contributed by atoms with Crippen molar-refractivity contribution in [2.75, 3.05) is 26.4 Å². The molecule has 0 aliphatic heterocycles. The second kappa shape index (κ2) is 42.1. The number of unbranched alkanes of at least 4 members (excludes halogenated alkanes) is 15. The topological polar surface area (TPSA) is 175 Å². The Hall–Kier alpha value is -2.63. The number of carbonyl (C=O) groups is 2. The second-order valence-corrected chi connectivity index (χ2v) is 16.4. The van der Waals surface area contributed by atoms with E-state index in [9.17, 15) is 29.3 Å². The van der Waals surface area contributed by atoms with Gasteiger partial charge in [-0.2, -0.15) is 0 Å². The maximum atomic E-state index is 12.6. The molecule has 1 unspecified atom stereocenters. The van der Waals surface area contributed by atoms with Gasteiger partial charge in [-0.3, -0.25) is 18.6 Å². The van der Waals surface area contributed by atoms with Gasteiger partial charge in [-0.25, -0.2) is 4.57 Å².